The number of pyridine rings is 3. The Morgan fingerprint density at radius 1 is 0.330 bits per heavy atom. The summed E-state index contributed by atoms with van der Waals surface area (Å²) < 4.78 is 5.02. The fourth-order valence-corrected chi connectivity index (χ4v) is 15.1. The predicted molar refractivity (Wildman–Crippen MR) is 383 cm³/mol. The van der Waals surface area contributed by atoms with Gasteiger partial charge in [-0.1, -0.05) is 244 Å². The van der Waals surface area contributed by atoms with Crippen LogP contribution in [0.1, 0.15) is 24.0 Å². The van der Waals surface area contributed by atoms with Gasteiger partial charge in [0.25, 0.3) is 0 Å². The summed E-state index contributed by atoms with van der Waals surface area (Å²) in [5.74, 6) is 1.89. The summed E-state index contributed by atoms with van der Waals surface area (Å²) in [6, 6.07) is 96.1. The molecule has 0 bridgehead atoms. The Kier molecular flexibility index (Phi) is 13.2. The van der Waals surface area contributed by atoms with Crippen LogP contribution in [0, 0.1) is 0 Å². The van der Waals surface area contributed by atoms with E-state index in [1.807, 2.05) is 83.3 Å². The zero-order valence-corrected chi connectivity index (χ0v) is 50.9. The van der Waals surface area contributed by atoms with Gasteiger partial charge in [-0.2, -0.15) is 0 Å². The molecular weight excluding hydrogens is 1150 g/mol. The average Bonchev–Trinajstić information content (AvgIpc) is 2.23. The van der Waals surface area contributed by atoms with Crippen molar-refractivity contribution in [2.75, 3.05) is 5.73 Å². The van der Waals surface area contributed by atoms with Gasteiger partial charge < -0.3 is 5.73 Å². The smallest absolute Gasteiger partial charge is 0.164 e. The number of aromatic nitrogens is 6. The SMILES string of the molecule is CC(/C=C\c1ccc2ccc(-c3cccc4c3sc3ccccc34)nc2c1N)c1ccc(-c2cc(-c3ccc(-c4ccc5ccc6ccc(-c7cccc8c7sc7ccccc78)nc6c5n4)cc3)cc(-c3nc(-c4ccccc4)nc(-c4ccccc4)n3)c2)cc1. The number of hydrogen-bond acceptors (Lipinski definition) is 9. The molecule has 0 aliphatic rings. The van der Waals surface area contributed by atoms with E-state index in [0.29, 0.717) is 23.2 Å². The van der Waals surface area contributed by atoms with Crippen molar-refractivity contribution < 1.29 is 0 Å². The molecule has 17 rings (SSSR count). The van der Waals surface area contributed by atoms with Crippen molar-refractivity contribution in [1.82, 2.24) is 29.9 Å². The van der Waals surface area contributed by atoms with Gasteiger partial charge in [-0.3, -0.25) is 0 Å². The number of rotatable bonds is 11. The molecule has 0 radical (unpaired) electrons. The summed E-state index contributed by atoms with van der Waals surface area (Å²) in [6.45, 7) is 2.22. The maximum Gasteiger partial charge on any atom is 0.164 e. The van der Waals surface area contributed by atoms with Crippen LogP contribution in [0.5, 0.6) is 0 Å². The monoisotopic (exact) mass is 1200 g/mol. The first-order valence-electron chi connectivity index (χ1n) is 30.5. The molecule has 428 valence electrons. The second-order valence-corrected chi connectivity index (χ2v) is 25.3. The molecule has 0 amide bonds. The zero-order valence-electron chi connectivity index (χ0n) is 49.3. The quantitative estimate of drug-likeness (QED) is 0.102. The van der Waals surface area contributed by atoms with Crippen molar-refractivity contribution in [3.63, 3.8) is 0 Å². The number of nitrogen functional groups attached to an aromatic ring is 1. The Labute approximate surface area is 532 Å². The molecule has 0 saturated carbocycles. The first kappa shape index (κ1) is 53.8. The Balaban J connectivity index is 0.708. The number of nitrogens with two attached hydrogens (primary N) is 1. The van der Waals surface area contributed by atoms with Crippen LogP contribution in [0.2, 0.25) is 0 Å². The van der Waals surface area contributed by atoms with Gasteiger partial charge in [0.15, 0.2) is 17.5 Å². The molecule has 91 heavy (non-hydrogen) atoms. The summed E-state index contributed by atoms with van der Waals surface area (Å²) in [7, 11) is 0. The summed E-state index contributed by atoms with van der Waals surface area (Å²) in [6.07, 6.45) is 4.36. The third-order valence-electron chi connectivity index (χ3n) is 17.6. The highest BCUT2D eigenvalue weighted by atomic mass is 32.1. The maximum atomic E-state index is 7.01. The van der Waals surface area contributed by atoms with Crippen LogP contribution in [0.25, 0.3) is 169 Å². The van der Waals surface area contributed by atoms with E-state index in [2.05, 4.69) is 231 Å². The molecule has 0 spiro atoms. The van der Waals surface area contributed by atoms with E-state index in [1.165, 1.54) is 45.9 Å². The highest BCUT2D eigenvalue weighted by Crippen LogP contribution is 2.43. The molecular formula is C82H53N7S2. The number of hydrogen-bond donors (Lipinski definition) is 1. The van der Waals surface area contributed by atoms with Crippen LogP contribution < -0.4 is 5.73 Å². The van der Waals surface area contributed by atoms with Gasteiger partial charge in [-0.15, -0.1) is 22.7 Å². The summed E-state index contributed by atoms with van der Waals surface area (Å²) in [5.41, 5.74) is 25.2. The lowest BCUT2D eigenvalue weighted by Gasteiger charge is -2.14. The molecule has 7 nitrogen and oxygen atoms in total. The highest BCUT2D eigenvalue weighted by Gasteiger charge is 2.19. The van der Waals surface area contributed by atoms with Gasteiger partial charge in [0.1, 0.15) is 0 Å². The first-order chi connectivity index (χ1) is 44.9. The lowest BCUT2D eigenvalue weighted by atomic mass is 9.93. The van der Waals surface area contributed by atoms with Gasteiger partial charge in [-0.05, 0) is 87.8 Å². The summed E-state index contributed by atoms with van der Waals surface area (Å²) in [4.78, 5) is 31.4. The molecule has 17 aromatic rings. The molecule has 2 N–H and O–H groups in total. The van der Waals surface area contributed by atoms with Gasteiger partial charge in [0, 0.05) is 89.9 Å². The number of thiophene rings is 2. The molecule has 0 aliphatic heterocycles. The Morgan fingerprint density at radius 2 is 0.747 bits per heavy atom. The molecule has 1 unspecified atom stereocenters. The minimum absolute atomic E-state index is 0.0880. The van der Waals surface area contributed by atoms with Gasteiger partial charge in [0.05, 0.1) is 39.3 Å². The van der Waals surface area contributed by atoms with Crippen molar-refractivity contribution in [3.8, 4) is 90.2 Å². The highest BCUT2D eigenvalue weighted by molar-refractivity contribution is 7.26. The molecule has 0 aliphatic carbocycles. The van der Waals surface area contributed by atoms with Crippen molar-refractivity contribution in [2.45, 2.75) is 12.8 Å². The van der Waals surface area contributed by atoms with E-state index in [-0.39, 0.29) is 5.92 Å². The first-order valence-corrected chi connectivity index (χ1v) is 32.1. The van der Waals surface area contributed by atoms with Crippen molar-refractivity contribution in [3.05, 3.63) is 290 Å². The van der Waals surface area contributed by atoms with Gasteiger partial charge in [-0.25, -0.2) is 29.9 Å². The molecule has 6 heterocycles. The van der Waals surface area contributed by atoms with Gasteiger partial charge >= 0.3 is 0 Å². The van der Waals surface area contributed by atoms with E-state index in [0.717, 1.165) is 111 Å². The van der Waals surface area contributed by atoms with Crippen molar-refractivity contribution >= 4 is 107 Å². The topological polar surface area (TPSA) is 103 Å². The van der Waals surface area contributed by atoms with Gasteiger partial charge in [0.2, 0.25) is 0 Å². The third kappa shape index (κ3) is 9.84. The number of fused-ring (bicyclic) bond motifs is 10. The molecule has 0 fully saturated rings. The lowest BCUT2D eigenvalue weighted by Crippen LogP contribution is -2.00. The lowest BCUT2D eigenvalue weighted by molar-refractivity contribution is 0.973. The fraction of sp³-hybridized carbons (Fsp3) is 0.0244. The molecule has 9 heteroatoms. The van der Waals surface area contributed by atoms with E-state index < -0.39 is 0 Å². The molecule has 0 saturated heterocycles. The van der Waals surface area contributed by atoms with Crippen LogP contribution >= 0.6 is 22.7 Å². The largest absolute Gasteiger partial charge is 0.396 e. The Bertz CT molecular complexity index is 5680. The van der Waals surface area contributed by atoms with Crippen molar-refractivity contribution in [1.29, 1.82) is 0 Å². The Hall–Kier alpha value is -11.4. The predicted octanol–water partition coefficient (Wildman–Crippen LogP) is 22.0. The van der Waals surface area contributed by atoms with Crippen LogP contribution in [0.15, 0.2) is 279 Å². The standard InChI is InChI=1S/C82H53N7S2/c1-49(26-27-54-36-37-55-41-44-70(85-75(55)74(54)83)67-22-12-20-65-63-18-8-10-24-72(63)90-78(65)67)50-28-30-51(31-29-50)60-46-61(48-62(47-60)82-88-80(58-14-4-2-5-15-58)87-81(89-82)59-16-6-3-7-17-59)52-32-34-53(35-33-52)69-43-40-56-38-39-57-42-45-71(86-77(57)76(56)84-69)68-23-13-21-66-64-19-9-11-25-73(64)91-79(66)68/h2-49H,83H2,1H3/b27-26-. The summed E-state index contributed by atoms with van der Waals surface area (Å²) >= 11 is 3.63. The number of anilines is 1. The minimum atomic E-state index is 0.0880. The van der Waals surface area contributed by atoms with E-state index >= 15 is 0 Å². The normalized spacial score (nSPS) is 12.2. The van der Waals surface area contributed by atoms with E-state index in [4.69, 9.17) is 35.6 Å². The average molecular weight is 1200 g/mol. The maximum absolute atomic E-state index is 7.01. The molecule has 1 atom stereocenters. The number of allylic oxidation sites excluding steroid dienone is 1. The van der Waals surface area contributed by atoms with E-state index in [1.54, 1.807) is 0 Å². The second kappa shape index (κ2) is 22.3. The molecule has 11 aromatic carbocycles. The van der Waals surface area contributed by atoms with Crippen LogP contribution in [-0.4, -0.2) is 29.9 Å². The minimum Gasteiger partial charge on any atom is -0.396 e. The summed E-state index contributed by atoms with van der Waals surface area (Å²) in [5, 5.41) is 8.15. The zero-order chi connectivity index (χ0) is 60.5. The Morgan fingerprint density at radius 3 is 1.31 bits per heavy atom. The molecule has 6 aromatic heterocycles. The van der Waals surface area contributed by atoms with Crippen LogP contribution in [0.4, 0.5) is 5.69 Å². The number of benzene rings is 11. The van der Waals surface area contributed by atoms with Crippen molar-refractivity contribution in [2.24, 2.45) is 0 Å². The van der Waals surface area contributed by atoms with E-state index in [9.17, 15) is 0 Å². The van der Waals surface area contributed by atoms with Crippen LogP contribution in [-0.2, 0) is 0 Å². The second-order valence-electron chi connectivity index (χ2n) is 23.2. The van der Waals surface area contributed by atoms with Crippen LogP contribution in [0.3, 0.4) is 0 Å². The third-order valence-corrected chi connectivity index (χ3v) is 20.0. The fourth-order valence-electron chi connectivity index (χ4n) is 12.7. The number of nitrogens with zero attached hydrogens (tertiary/aromatic N) is 6.